The topological polar surface area (TPSA) is 131 Å². The molecule has 86 heavy (non-hydrogen) atoms. The average molecular weight is 1220 g/mol. The number of hydrogen-bond donors (Lipinski definition) is 1. The number of carbonyl (C=O) groups is 4. The Balaban J connectivity index is 0.000000320. The van der Waals surface area contributed by atoms with Gasteiger partial charge in [-0.25, -0.2) is 0 Å². The number of thioether (sulfide) groups is 3. The molecule has 4 amide bonds. The molecule has 0 aliphatic rings. The van der Waals surface area contributed by atoms with Crippen molar-refractivity contribution in [1.29, 1.82) is 0 Å². The van der Waals surface area contributed by atoms with Crippen molar-refractivity contribution in [1.82, 2.24) is 19.6 Å². The molecule has 12 nitrogen and oxygen atoms in total. The van der Waals surface area contributed by atoms with Crippen molar-refractivity contribution in [2.75, 3.05) is 107 Å². The van der Waals surface area contributed by atoms with Gasteiger partial charge in [0.25, 0.3) is 0 Å². The third kappa shape index (κ3) is 22.9. The Labute approximate surface area is 533 Å². The number of rotatable bonds is 37. The number of hydrogen-bond acceptors (Lipinski definition) is 12. The Morgan fingerprint density at radius 3 is 1.06 bits per heavy atom. The van der Waals surface area contributed by atoms with E-state index in [1.54, 1.807) is 38.6 Å². The molecule has 0 unspecified atom stereocenters. The van der Waals surface area contributed by atoms with E-state index in [1.165, 1.54) is 39.5 Å². The van der Waals surface area contributed by atoms with Gasteiger partial charge in [-0.2, -0.15) is 0 Å². The fourth-order valence-electron chi connectivity index (χ4n) is 9.35. The number of amides is 4. The van der Waals surface area contributed by atoms with Crippen LogP contribution in [-0.4, -0.2) is 181 Å². The van der Waals surface area contributed by atoms with Gasteiger partial charge in [0.05, 0.1) is 0 Å². The Kier molecular flexibility index (Phi) is 35.2. The Hall–Kier alpha value is -6.72. The van der Waals surface area contributed by atoms with Crippen LogP contribution in [0.4, 0.5) is 0 Å². The number of thiol groups is 1. The molecule has 0 N–H and O–H groups in total. The molecule has 440 valence electrons. The second-order valence-electron chi connectivity index (χ2n) is 19.0. The Morgan fingerprint density at radius 2 is 0.744 bits per heavy atom. The van der Waals surface area contributed by atoms with Crippen molar-refractivity contribution in [3.63, 3.8) is 0 Å². The van der Waals surface area contributed by atoms with Gasteiger partial charge in [0.15, 0.2) is 0 Å². The van der Waals surface area contributed by atoms with Crippen LogP contribution in [0.15, 0.2) is 240 Å². The maximum absolute atomic E-state index is 13.3. The average Bonchev–Trinajstić information content (AvgIpc) is 1.08. The zero-order valence-corrected chi connectivity index (χ0v) is 52.4. The first kappa shape index (κ1) is 71.8. The van der Waals surface area contributed by atoms with Crippen LogP contribution in [0.3, 0.4) is 0 Å². The van der Waals surface area contributed by atoms with Gasteiger partial charge in [-0.05, 0) is 0 Å². The van der Waals surface area contributed by atoms with Crippen molar-refractivity contribution in [2.24, 2.45) is 19.6 Å². The van der Waals surface area contributed by atoms with Crippen LogP contribution in [0.5, 0.6) is 0 Å². The van der Waals surface area contributed by atoms with E-state index in [0.29, 0.717) is 94.9 Å². The molecule has 0 aromatic heterocycles. The fraction of sp³-hybridized carbons (Fsp3) is 0.303. The van der Waals surface area contributed by atoms with Crippen LogP contribution in [0.1, 0.15) is 39.8 Å². The first-order valence-corrected chi connectivity index (χ1v) is 32.0. The van der Waals surface area contributed by atoms with Crippen molar-refractivity contribution in [3.05, 3.63) is 253 Å². The summed E-state index contributed by atoms with van der Waals surface area (Å²) in [5, 5.41) is 0. The van der Waals surface area contributed by atoms with E-state index in [2.05, 4.69) is 198 Å². The first-order chi connectivity index (χ1) is 42.0. The second-order valence-corrected chi connectivity index (χ2v) is 23.3. The van der Waals surface area contributed by atoms with Gasteiger partial charge in [0, 0.05) is 0 Å². The van der Waals surface area contributed by atoms with Crippen LogP contribution >= 0.6 is 47.9 Å². The van der Waals surface area contributed by atoms with E-state index in [4.69, 9.17) is 30.6 Å². The summed E-state index contributed by atoms with van der Waals surface area (Å²) in [6.45, 7) is 15.9. The van der Waals surface area contributed by atoms with Gasteiger partial charge in [-0.15, -0.1) is 0 Å². The Morgan fingerprint density at radius 1 is 0.419 bits per heavy atom. The summed E-state index contributed by atoms with van der Waals surface area (Å²) in [7, 11) is 20.8. The molecular weight excluding hydrogens is 1140 g/mol. The summed E-state index contributed by atoms with van der Waals surface area (Å²) in [6.07, 6.45) is 5.09. The van der Waals surface area contributed by atoms with Gasteiger partial charge < -0.3 is 0 Å². The van der Waals surface area contributed by atoms with Gasteiger partial charge in [0.1, 0.15) is 0 Å². The zero-order chi connectivity index (χ0) is 62.1. The van der Waals surface area contributed by atoms with Crippen LogP contribution in [0, 0.1) is 0 Å². The molecule has 0 fully saturated rings. The minimum absolute atomic E-state index is 0.0294. The van der Waals surface area contributed by atoms with Crippen LogP contribution in [0.25, 0.3) is 0 Å². The number of carbonyl (C=O) groups excluding carboxylic acids is 4. The SMILES string of the molecule is [B]=NCC(=O)N(CC=C)CCS.[B]=NCCN(CCSC(c1ccccc1)(c1ccccc1)c1ccccc1)C(=O)C=C.[B]=NCCN(CCSC(c1ccccc1)(c1ccccc1)c1ccccc1)C(=O)CCSCCN(CC=C)C(=O)CN=[B]. The van der Waals surface area contributed by atoms with Crippen molar-refractivity contribution in [3.8, 4) is 0 Å². The van der Waals surface area contributed by atoms with E-state index < -0.39 is 9.49 Å². The van der Waals surface area contributed by atoms with E-state index in [1.807, 2.05) is 64.8 Å². The summed E-state index contributed by atoms with van der Waals surface area (Å²) < 4.78 is -0.844. The molecule has 6 rings (SSSR count). The molecule has 0 heterocycles. The molecule has 0 spiro atoms. The van der Waals surface area contributed by atoms with E-state index in [-0.39, 0.29) is 36.7 Å². The molecule has 0 saturated heterocycles. The maximum atomic E-state index is 13.3. The fourth-order valence-corrected chi connectivity index (χ4v) is 13.5. The summed E-state index contributed by atoms with van der Waals surface area (Å²) >= 11 is 9.33. The second kappa shape index (κ2) is 42.2. The van der Waals surface area contributed by atoms with Crippen molar-refractivity contribution < 1.29 is 19.2 Å². The van der Waals surface area contributed by atoms with Gasteiger partial charge in [0.2, 0.25) is 0 Å². The molecule has 0 aliphatic heterocycles. The summed E-state index contributed by atoms with van der Waals surface area (Å²) in [4.78, 5) is 70.0. The molecule has 6 aromatic carbocycles. The first-order valence-electron chi connectivity index (χ1n) is 28.3. The summed E-state index contributed by atoms with van der Waals surface area (Å²) in [5.74, 6) is 3.19. The number of benzene rings is 6. The van der Waals surface area contributed by atoms with E-state index >= 15 is 0 Å². The molecule has 20 heteroatoms. The van der Waals surface area contributed by atoms with E-state index in [9.17, 15) is 19.2 Å². The monoisotopic (exact) mass is 1220 g/mol. The molecule has 0 bridgehead atoms. The third-order valence-corrected chi connectivity index (χ3v) is 17.7. The Bertz CT molecular complexity index is 2810. The molecule has 0 atom stereocenters. The molecule has 0 aliphatic carbocycles. The molecule has 4 radical (unpaired) electrons. The van der Waals surface area contributed by atoms with Gasteiger partial charge >= 0.3 is 537 Å². The van der Waals surface area contributed by atoms with Crippen molar-refractivity contribution >= 4 is 102 Å². The molecule has 6 aromatic rings. The van der Waals surface area contributed by atoms with Gasteiger partial charge in [-0.3, -0.25) is 0 Å². The predicted octanol–water partition coefficient (Wildman–Crippen LogP) is 10.7. The van der Waals surface area contributed by atoms with Crippen molar-refractivity contribution in [2.45, 2.75) is 15.9 Å². The zero-order valence-electron chi connectivity index (χ0n) is 49.1. The van der Waals surface area contributed by atoms with Crippen LogP contribution in [0.2, 0.25) is 0 Å². The van der Waals surface area contributed by atoms with Crippen LogP contribution < -0.4 is 0 Å². The van der Waals surface area contributed by atoms with E-state index in [0.717, 1.165) is 5.75 Å². The molecular formula is C66H76B4N8O4S4. The predicted molar refractivity (Wildman–Crippen MR) is 368 cm³/mol. The van der Waals surface area contributed by atoms with Crippen LogP contribution in [-0.2, 0) is 28.7 Å². The summed E-state index contributed by atoms with van der Waals surface area (Å²) in [6, 6.07) is 63.2. The van der Waals surface area contributed by atoms with Gasteiger partial charge in [-0.1, -0.05) is 0 Å². The minimum atomic E-state index is -0.446. The quantitative estimate of drug-likeness (QED) is 0.0103. The number of nitrogens with zero attached hydrogens (tertiary/aromatic N) is 8. The standard InChI is InChI=1S/C33H38B2N4O2S2.C26H26BN2OS.C7H12BN2OS/c1-2-20-38(32(41)27-37-35)22-25-42-24-18-31(40)39(21-19-36-34)23-26-43-33(28-12-6-3-7-13-28,29-14-8-4-9-15-29)30-16-10-5-11-17-30;1-2-25(30)29(19-18-28-27)20-21-31-26(22-12-6-3-7-13-22,23-14-8-4-9-15-23)24-16-10-5-11-17-24;1-2-3-10(4-5-12)7(11)6-9-8/h2-17H,1,18-27H2;2-17H,1,18-21H2;2,12H,1,3-6H2. The normalized spacial score (nSPS) is 10.7. The summed E-state index contributed by atoms with van der Waals surface area (Å²) in [5.41, 5.74) is 7.18. The third-order valence-electron chi connectivity index (χ3n) is 13.5. The molecule has 0 saturated carbocycles.